The number of anilines is 4. The SMILES string of the molecule is C=CC(=O)Nc1ccc(C(=O)N2CC[C@@H](Nc3ncc(Cl)c(OCCC#N)n3)C2)cc1.C=CC(=O)Nc1ccc(C(=O)O)cc1.N#CCCOc1nc(N[C@@H]2CCNC2)ncc1Cl. The molecule has 0 radical (unpaired) electrons. The van der Waals surface area contributed by atoms with Gasteiger partial charge in [0.25, 0.3) is 5.91 Å². The number of aromatic carboxylic acids is 1. The second-order valence-corrected chi connectivity index (χ2v) is 14.1. The van der Waals surface area contributed by atoms with E-state index in [0.29, 0.717) is 65.3 Å². The molecule has 2 aromatic carbocycles. The molecule has 2 aromatic heterocycles. The molecule has 19 nitrogen and oxygen atoms in total. The van der Waals surface area contributed by atoms with E-state index in [1.54, 1.807) is 29.2 Å². The lowest BCUT2D eigenvalue weighted by Crippen LogP contribution is -2.31. The summed E-state index contributed by atoms with van der Waals surface area (Å²) in [4.78, 5) is 63.9. The second kappa shape index (κ2) is 25.5. The molecule has 2 atom stereocenters. The summed E-state index contributed by atoms with van der Waals surface area (Å²) < 4.78 is 10.7. The zero-order valence-corrected chi connectivity index (χ0v) is 35.4. The lowest BCUT2D eigenvalue weighted by molar-refractivity contribution is -0.112. The molecule has 0 saturated carbocycles. The number of nitrogens with zero attached hydrogens (tertiary/aromatic N) is 7. The van der Waals surface area contributed by atoms with Crippen molar-refractivity contribution in [1.82, 2.24) is 30.2 Å². The van der Waals surface area contributed by atoms with Crippen LogP contribution in [0.1, 0.15) is 46.4 Å². The first-order chi connectivity index (χ1) is 30.4. The Balaban J connectivity index is 0.000000230. The highest BCUT2D eigenvalue weighted by atomic mass is 35.5. The Hall–Kier alpha value is -7.32. The lowest BCUT2D eigenvalue weighted by atomic mass is 10.2. The molecule has 4 aromatic rings. The topological polar surface area (TPSA) is 270 Å². The molecule has 2 fully saturated rings. The molecule has 0 bridgehead atoms. The smallest absolute Gasteiger partial charge is 0.335 e. The van der Waals surface area contributed by atoms with E-state index >= 15 is 0 Å². The molecule has 0 spiro atoms. The maximum absolute atomic E-state index is 12.8. The second-order valence-electron chi connectivity index (χ2n) is 13.3. The highest BCUT2D eigenvalue weighted by Crippen LogP contribution is 2.25. The van der Waals surface area contributed by atoms with Crippen LogP contribution in [-0.4, -0.2) is 105 Å². The van der Waals surface area contributed by atoms with Gasteiger partial charge in [0.2, 0.25) is 35.5 Å². The Bertz CT molecular complexity index is 2300. The van der Waals surface area contributed by atoms with Gasteiger partial charge >= 0.3 is 5.97 Å². The van der Waals surface area contributed by atoms with Gasteiger partial charge in [-0.3, -0.25) is 14.4 Å². The largest absolute Gasteiger partial charge is 0.478 e. The van der Waals surface area contributed by atoms with Crippen molar-refractivity contribution >= 4 is 70.2 Å². The van der Waals surface area contributed by atoms with Crippen LogP contribution in [0.5, 0.6) is 11.8 Å². The van der Waals surface area contributed by atoms with Crippen LogP contribution >= 0.6 is 23.2 Å². The fraction of sp³-hybridized carbons (Fsp3) is 0.286. The molecule has 2 saturated heterocycles. The summed E-state index contributed by atoms with van der Waals surface area (Å²) in [6.07, 6.45) is 7.56. The average molecular weight is 900 g/mol. The number of aromatic nitrogens is 4. The Morgan fingerprint density at radius 1 is 0.794 bits per heavy atom. The van der Waals surface area contributed by atoms with Crippen LogP contribution in [-0.2, 0) is 9.59 Å². The number of hydrogen-bond acceptors (Lipinski definition) is 15. The minimum atomic E-state index is -0.994. The van der Waals surface area contributed by atoms with E-state index in [1.807, 2.05) is 12.1 Å². The number of ether oxygens (including phenoxy) is 2. The van der Waals surface area contributed by atoms with Crippen LogP contribution < -0.4 is 36.1 Å². The third-order valence-corrected chi connectivity index (χ3v) is 9.22. The summed E-state index contributed by atoms with van der Waals surface area (Å²) in [6, 6.07) is 16.9. The van der Waals surface area contributed by atoms with Gasteiger partial charge in [-0.1, -0.05) is 36.4 Å². The maximum Gasteiger partial charge on any atom is 0.335 e. The van der Waals surface area contributed by atoms with Crippen molar-refractivity contribution < 1.29 is 33.8 Å². The first kappa shape index (κ1) is 48.3. The van der Waals surface area contributed by atoms with Crippen molar-refractivity contribution in [3.05, 3.63) is 107 Å². The molecule has 3 amide bonds. The predicted molar refractivity (Wildman–Crippen MR) is 236 cm³/mol. The number of carboxylic acid groups (broad SMARTS) is 1. The number of amides is 3. The van der Waals surface area contributed by atoms with Crippen LogP contribution in [0.25, 0.3) is 0 Å². The Morgan fingerprint density at radius 2 is 1.29 bits per heavy atom. The van der Waals surface area contributed by atoms with Crippen LogP contribution in [0, 0.1) is 22.7 Å². The van der Waals surface area contributed by atoms with E-state index in [1.165, 1.54) is 42.7 Å². The number of nitrogens with one attached hydrogen (secondary N) is 5. The third-order valence-electron chi connectivity index (χ3n) is 8.70. The molecular weight excluding hydrogens is 855 g/mol. The van der Waals surface area contributed by atoms with Gasteiger partial charge in [0.15, 0.2) is 0 Å². The molecular formula is C42H44Cl2N12O7. The predicted octanol–water partition coefficient (Wildman–Crippen LogP) is 5.58. The lowest BCUT2D eigenvalue weighted by Gasteiger charge is -2.17. The first-order valence-corrected chi connectivity index (χ1v) is 20.1. The molecule has 4 heterocycles. The highest BCUT2D eigenvalue weighted by molar-refractivity contribution is 6.32. The molecule has 6 N–H and O–H groups in total. The van der Waals surface area contributed by atoms with Crippen molar-refractivity contribution in [1.29, 1.82) is 10.5 Å². The van der Waals surface area contributed by atoms with Gasteiger partial charge in [-0.2, -0.15) is 20.5 Å². The summed E-state index contributed by atoms with van der Waals surface area (Å²) in [7, 11) is 0. The zero-order valence-electron chi connectivity index (χ0n) is 33.9. The highest BCUT2D eigenvalue weighted by Gasteiger charge is 2.28. The number of carboxylic acids is 1. The van der Waals surface area contributed by atoms with Crippen molar-refractivity contribution in [2.24, 2.45) is 0 Å². The molecule has 328 valence electrons. The van der Waals surface area contributed by atoms with Gasteiger partial charge in [-0.15, -0.1) is 0 Å². The zero-order chi connectivity index (χ0) is 45.6. The van der Waals surface area contributed by atoms with Gasteiger partial charge < -0.3 is 46.1 Å². The summed E-state index contributed by atoms with van der Waals surface area (Å²) in [6.45, 7) is 10.1. The Kier molecular flexibility index (Phi) is 19.5. The van der Waals surface area contributed by atoms with Crippen molar-refractivity contribution in [2.75, 3.05) is 60.7 Å². The van der Waals surface area contributed by atoms with Gasteiger partial charge in [0, 0.05) is 48.7 Å². The van der Waals surface area contributed by atoms with Gasteiger partial charge in [-0.05, 0) is 80.1 Å². The third kappa shape index (κ3) is 16.2. The first-order valence-electron chi connectivity index (χ1n) is 19.3. The molecule has 2 aliphatic heterocycles. The van der Waals surface area contributed by atoms with E-state index < -0.39 is 5.97 Å². The normalized spacial score (nSPS) is 14.7. The van der Waals surface area contributed by atoms with Crippen LogP contribution in [0.3, 0.4) is 0 Å². The number of halogens is 2. The quantitative estimate of drug-likeness (QED) is 0.0592. The Labute approximate surface area is 373 Å². The van der Waals surface area contributed by atoms with Gasteiger partial charge in [-0.25, -0.2) is 14.8 Å². The molecule has 6 rings (SSSR count). The molecule has 0 unspecified atom stereocenters. The summed E-state index contributed by atoms with van der Waals surface area (Å²) in [5.41, 5.74) is 1.85. The number of benzene rings is 2. The molecule has 2 aliphatic rings. The van der Waals surface area contributed by atoms with E-state index in [0.717, 1.165) is 32.0 Å². The molecule has 21 heteroatoms. The summed E-state index contributed by atoms with van der Waals surface area (Å²) in [5.74, 6) is -0.351. The number of rotatable bonds is 16. The van der Waals surface area contributed by atoms with Crippen molar-refractivity contribution in [3.8, 4) is 23.9 Å². The fourth-order valence-corrected chi connectivity index (χ4v) is 5.89. The fourth-order valence-electron chi connectivity index (χ4n) is 5.60. The number of hydrogen-bond donors (Lipinski definition) is 6. The minimum absolute atomic E-state index is 0.0248. The minimum Gasteiger partial charge on any atom is -0.478 e. The number of nitriles is 2. The summed E-state index contributed by atoms with van der Waals surface area (Å²) >= 11 is 11.9. The van der Waals surface area contributed by atoms with Gasteiger partial charge in [0.05, 0.1) is 42.9 Å². The molecule has 0 aliphatic carbocycles. The van der Waals surface area contributed by atoms with Crippen molar-refractivity contribution in [3.63, 3.8) is 0 Å². The number of carbonyl (C=O) groups is 4. The Morgan fingerprint density at radius 3 is 1.73 bits per heavy atom. The molecule has 63 heavy (non-hydrogen) atoms. The van der Waals surface area contributed by atoms with E-state index in [-0.39, 0.29) is 59.9 Å². The standard InChI is InChI=1S/C21H21ClN6O3.C11H14ClN5O.C10H9NO3/c1-2-18(29)25-15-6-4-14(5-7-15)20(30)28-10-8-16(13-28)26-21-24-12-17(22)19(27-21)31-11-3-9-23;12-9-7-15-11(16-8-2-4-14-6-8)17-10(9)18-5-1-3-13;1-2-9(12)11-8-5-3-7(4-6-8)10(13)14/h2,4-7,12,16H,1,3,8,10-11,13H2,(H,25,29)(H,24,26,27);7-8,14H,1-2,4-6H2,(H,15,16,17);2-6H,1H2,(H,11,12)(H,13,14)/t16-;8-;/m11./s1. The number of carbonyl (C=O) groups excluding carboxylic acids is 3. The van der Waals surface area contributed by atoms with Gasteiger partial charge in [0.1, 0.15) is 23.3 Å². The maximum atomic E-state index is 12.8. The van der Waals surface area contributed by atoms with E-state index in [2.05, 4.69) is 59.7 Å². The monoisotopic (exact) mass is 898 g/mol. The van der Waals surface area contributed by atoms with Crippen LogP contribution in [0.2, 0.25) is 10.0 Å². The average Bonchev–Trinajstić information content (AvgIpc) is 3.99. The summed E-state index contributed by atoms with van der Waals surface area (Å²) in [5, 5.41) is 41.1. The van der Waals surface area contributed by atoms with E-state index in [4.69, 9.17) is 48.3 Å². The van der Waals surface area contributed by atoms with E-state index in [9.17, 15) is 19.2 Å². The number of likely N-dealkylation sites (tertiary alicyclic amines) is 1. The van der Waals surface area contributed by atoms with Crippen molar-refractivity contribution in [2.45, 2.75) is 37.8 Å². The van der Waals surface area contributed by atoms with Crippen LogP contribution in [0.4, 0.5) is 23.3 Å². The van der Waals surface area contributed by atoms with Crippen LogP contribution in [0.15, 0.2) is 86.2 Å².